The number of hydrogen-bond donors (Lipinski definition) is 1. The van der Waals surface area contributed by atoms with Gasteiger partial charge in [-0.25, -0.2) is 4.39 Å². The van der Waals surface area contributed by atoms with Crippen molar-refractivity contribution in [1.82, 2.24) is 4.90 Å². The summed E-state index contributed by atoms with van der Waals surface area (Å²) < 4.78 is 13.5. The molecule has 0 amide bonds. The highest BCUT2D eigenvalue weighted by atomic mass is 19.1. The zero-order chi connectivity index (χ0) is 13.4. The van der Waals surface area contributed by atoms with Crippen LogP contribution in [-0.4, -0.2) is 34.9 Å². The van der Waals surface area contributed by atoms with Crippen molar-refractivity contribution in [3.05, 3.63) is 35.9 Å². The highest BCUT2D eigenvalue weighted by molar-refractivity contribution is 5.20. The molecule has 1 aliphatic carbocycles. The first-order chi connectivity index (χ1) is 9.22. The van der Waals surface area contributed by atoms with E-state index in [1.165, 1.54) is 5.56 Å². The molecule has 2 aliphatic heterocycles. The molecule has 4 rings (SSSR count). The lowest BCUT2D eigenvalue weighted by Crippen LogP contribution is -2.62. The molecule has 1 aromatic rings. The van der Waals surface area contributed by atoms with Gasteiger partial charge in [-0.05, 0) is 37.7 Å². The SMILES string of the molecule is C[C@H](c1ccccc1)N1C2CCC(CC2O)C1CF. The van der Waals surface area contributed by atoms with Crippen LogP contribution in [0.5, 0.6) is 0 Å². The monoisotopic (exact) mass is 263 g/mol. The Morgan fingerprint density at radius 3 is 2.68 bits per heavy atom. The topological polar surface area (TPSA) is 23.5 Å². The highest BCUT2D eigenvalue weighted by Gasteiger charge is 2.48. The van der Waals surface area contributed by atoms with Gasteiger partial charge in [0.1, 0.15) is 6.67 Å². The molecule has 2 heterocycles. The van der Waals surface area contributed by atoms with Gasteiger partial charge in [0.2, 0.25) is 0 Å². The number of hydrogen-bond acceptors (Lipinski definition) is 2. The molecule has 3 fully saturated rings. The third-order valence-electron chi connectivity index (χ3n) is 5.02. The minimum atomic E-state index is -0.301. The van der Waals surface area contributed by atoms with E-state index < -0.39 is 0 Å². The molecule has 1 aromatic carbocycles. The van der Waals surface area contributed by atoms with E-state index in [0.717, 1.165) is 19.3 Å². The first-order valence-corrected chi connectivity index (χ1v) is 7.28. The third kappa shape index (κ3) is 2.19. The number of fused-ring (bicyclic) bond motifs is 3. The second-order valence-corrected chi connectivity index (χ2v) is 5.96. The number of rotatable bonds is 3. The van der Waals surface area contributed by atoms with Gasteiger partial charge in [0, 0.05) is 18.1 Å². The fraction of sp³-hybridized carbons (Fsp3) is 0.625. The van der Waals surface area contributed by atoms with Gasteiger partial charge in [-0.15, -0.1) is 0 Å². The van der Waals surface area contributed by atoms with E-state index >= 15 is 0 Å². The van der Waals surface area contributed by atoms with Gasteiger partial charge in [-0.2, -0.15) is 0 Å². The number of halogens is 1. The van der Waals surface area contributed by atoms with Gasteiger partial charge in [-0.1, -0.05) is 30.3 Å². The van der Waals surface area contributed by atoms with Crippen molar-refractivity contribution in [2.75, 3.05) is 6.67 Å². The normalized spacial score (nSPS) is 36.4. The number of aliphatic hydroxyl groups excluding tert-OH is 1. The first-order valence-electron chi connectivity index (χ1n) is 7.28. The summed E-state index contributed by atoms with van der Waals surface area (Å²) in [4.78, 5) is 2.23. The largest absolute Gasteiger partial charge is 0.391 e. The Labute approximate surface area is 114 Å². The summed E-state index contributed by atoms with van der Waals surface area (Å²) in [5, 5.41) is 10.2. The Balaban J connectivity index is 1.89. The molecule has 1 saturated carbocycles. The molecule has 0 aromatic heterocycles. The Morgan fingerprint density at radius 1 is 1.32 bits per heavy atom. The quantitative estimate of drug-likeness (QED) is 0.906. The summed E-state index contributed by atoms with van der Waals surface area (Å²) in [5.41, 5.74) is 1.21. The Kier molecular flexibility index (Phi) is 3.59. The predicted octanol–water partition coefficient (Wildman–Crippen LogP) is 2.93. The van der Waals surface area contributed by atoms with Crippen LogP contribution in [0.15, 0.2) is 30.3 Å². The molecule has 3 heteroatoms. The van der Waals surface area contributed by atoms with Gasteiger partial charge >= 0.3 is 0 Å². The van der Waals surface area contributed by atoms with E-state index in [2.05, 4.69) is 24.0 Å². The first kappa shape index (κ1) is 13.1. The van der Waals surface area contributed by atoms with Crippen LogP contribution >= 0.6 is 0 Å². The molecule has 0 spiro atoms. The van der Waals surface area contributed by atoms with Crippen molar-refractivity contribution in [3.63, 3.8) is 0 Å². The van der Waals surface area contributed by atoms with E-state index in [1.807, 2.05) is 18.2 Å². The lowest BCUT2D eigenvalue weighted by atomic mass is 9.72. The Hall–Kier alpha value is -0.930. The van der Waals surface area contributed by atoms with Gasteiger partial charge < -0.3 is 5.11 Å². The zero-order valence-corrected chi connectivity index (χ0v) is 11.4. The summed E-state index contributed by atoms with van der Waals surface area (Å²) in [6, 6.07) is 10.5. The number of aliphatic hydroxyl groups is 1. The molecule has 2 saturated heterocycles. The van der Waals surface area contributed by atoms with Crippen LogP contribution in [0.4, 0.5) is 4.39 Å². The number of piperidine rings is 2. The molecule has 3 aliphatic rings. The van der Waals surface area contributed by atoms with E-state index in [9.17, 15) is 9.50 Å². The van der Waals surface area contributed by atoms with Crippen LogP contribution in [0.1, 0.15) is 37.8 Å². The van der Waals surface area contributed by atoms with Crippen LogP contribution < -0.4 is 0 Å². The molecule has 2 bridgehead atoms. The molecule has 4 unspecified atom stereocenters. The molecule has 19 heavy (non-hydrogen) atoms. The summed E-state index contributed by atoms with van der Waals surface area (Å²) in [5.74, 6) is 0.316. The third-order valence-corrected chi connectivity index (χ3v) is 5.02. The average molecular weight is 263 g/mol. The van der Waals surface area contributed by atoms with E-state index in [1.54, 1.807) is 0 Å². The zero-order valence-electron chi connectivity index (χ0n) is 11.4. The molecule has 5 atom stereocenters. The van der Waals surface area contributed by atoms with Crippen LogP contribution in [0, 0.1) is 5.92 Å². The minimum absolute atomic E-state index is 0.0163. The predicted molar refractivity (Wildman–Crippen MR) is 73.6 cm³/mol. The van der Waals surface area contributed by atoms with Crippen molar-refractivity contribution >= 4 is 0 Å². The maximum Gasteiger partial charge on any atom is 0.105 e. The Bertz CT molecular complexity index is 422. The second-order valence-electron chi connectivity index (χ2n) is 5.96. The highest BCUT2D eigenvalue weighted by Crippen LogP contribution is 2.44. The summed E-state index contributed by atoms with van der Waals surface area (Å²) in [7, 11) is 0. The maximum absolute atomic E-state index is 13.5. The molecule has 2 nitrogen and oxygen atoms in total. The number of benzene rings is 1. The average Bonchev–Trinajstić information content (AvgIpc) is 2.47. The minimum Gasteiger partial charge on any atom is -0.391 e. The molecular formula is C16H22FNO. The summed E-state index contributed by atoms with van der Waals surface area (Å²) in [6.45, 7) is 1.83. The molecule has 1 N–H and O–H groups in total. The van der Waals surface area contributed by atoms with Crippen LogP contribution in [0.2, 0.25) is 0 Å². The van der Waals surface area contributed by atoms with Crippen LogP contribution in [0.25, 0.3) is 0 Å². The van der Waals surface area contributed by atoms with Crippen molar-refractivity contribution in [3.8, 4) is 0 Å². The number of alkyl halides is 1. The number of nitrogens with zero attached hydrogens (tertiary/aromatic N) is 1. The van der Waals surface area contributed by atoms with Crippen molar-refractivity contribution in [2.45, 2.75) is 50.4 Å². The molecule has 0 radical (unpaired) electrons. The van der Waals surface area contributed by atoms with Crippen molar-refractivity contribution in [2.24, 2.45) is 5.92 Å². The summed E-state index contributed by atoms with van der Waals surface area (Å²) >= 11 is 0. The van der Waals surface area contributed by atoms with Crippen molar-refractivity contribution < 1.29 is 9.50 Å². The van der Waals surface area contributed by atoms with Gasteiger partial charge in [0.15, 0.2) is 0 Å². The second kappa shape index (κ2) is 5.22. The lowest BCUT2D eigenvalue weighted by Gasteiger charge is -2.55. The fourth-order valence-electron chi connectivity index (χ4n) is 4.03. The van der Waals surface area contributed by atoms with Gasteiger partial charge in [0.05, 0.1) is 6.10 Å². The Morgan fingerprint density at radius 2 is 2.05 bits per heavy atom. The van der Waals surface area contributed by atoms with Gasteiger partial charge in [-0.3, -0.25) is 4.90 Å². The lowest BCUT2D eigenvalue weighted by molar-refractivity contribution is -0.114. The standard InChI is InChI=1S/C16H22FNO/c1-11(12-5-3-2-4-6-12)18-14-8-7-13(9-16(14)19)15(18)10-17/h2-6,11,13-16,19H,7-10H2,1H3/t11-,13?,14?,15?,16?/m1/s1. The van der Waals surface area contributed by atoms with E-state index in [0.29, 0.717) is 5.92 Å². The van der Waals surface area contributed by atoms with Crippen molar-refractivity contribution in [1.29, 1.82) is 0 Å². The smallest absolute Gasteiger partial charge is 0.105 e. The summed E-state index contributed by atoms with van der Waals surface area (Å²) in [6.07, 6.45) is 2.55. The molecular weight excluding hydrogens is 241 g/mol. The van der Waals surface area contributed by atoms with Crippen LogP contribution in [-0.2, 0) is 0 Å². The van der Waals surface area contributed by atoms with E-state index in [4.69, 9.17) is 0 Å². The maximum atomic E-state index is 13.5. The van der Waals surface area contributed by atoms with Gasteiger partial charge in [0.25, 0.3) is 0 Å². The fourth-order valence-corrected chi connectivity index (χ4v) is 4.03. The van der Waals surface area contributed by atoms with E-state index in [-0.39, 0.29) is 30.9 Å². The van der Waals surface area contributed by atoms with Crippen LogP contribution in [0.3, 0.4) is 0 Å². The molecule has 104 valence electrons.